The van der Waals surface area contributed by atoms with Crippen molar-refractivity contribution in [1.82, 2.24) is 0 Å². The molecule has 1 amide bonds. The number of rotatable bonds is 4. The molecular formula is C18H14BrN3O5. The summed E-state index contributed by atoms with van der Waals surface area (Å²) in [7, 11) is 1.43. The molecule has 8 nitrogen and oxygen atoms in total. The number of aromatic hydroxyl groups is 1. The molecule has 3 rings (SSSR count). The Kier molecular flexibility index (Phi) is 4.95. The van der Waals surface area contributed by atoms with E-state index in [2.05, 4.69) is 21.0 Å². The highest BCUT2D eigenvalue weighted by Crippen LogP contribution is 2.36. The van der Waals surface area contributed by atoms with Crippen LogP contribution in [0.15, 0.2) is 51.5 Å². The van der Waals surface area contributed by atoms with Gasteiger partial charge in [0.2, 0.25) is 0 Å². The minimum absolute atomic E-state index is 0.0321. The molecule has 2 aromatic rings. The number of carbonyl (C=O) groups is 1. The molecule has 0 radical (unpaired) electrons. The van der Waals surface area contributed by atoms with Gasteiger partial charge in [0.25, 0.3) is 11.6 Å². The first-order chi connectivity index (χ1) is 12.8. The maximum absolute atomic E-state index is 12.8. The molecule has 1 aliphatic heterocycles. The second-order valence-corrected chi connectivity index (χ2v) is 6.54. The van der Waals surface area contributed by atoms with E-state index in [9.17, 15) is 20.0 Å². The summed E-state index contributed by atoms with van der Waals surface area (Å²) >= 11 is 3.24. The van der Waals surface area contributed by atoms with E-state index >= 15 is 0 Å². The van der Waals surface area contributed by atoms with Crippen LogP contribution in [0.2, 0.25) is 0 Å². The van der Waals surface area contributed by atoms with Crippen molar-refractivity contribution in [3.63, 3.8) is 0 Å². The third kappa shape index (κ3) is 3.54. The second-order valence-electron chi connectivity index (χ2n) is 5.69. The predicted octanol–water partition coefficient (Wildman–Crippen LogP) is 3.88. The first-order valence-electron chi connectivity index (χ1n) is 7.74. The third-order valence-electron chi connectivity index (χ3n) is 3.95. The van der Waals surface area contributed by atoms with Crippen LogP contribution in [-0.2, 0) is 4.79 Å². The molecule has 0 aliphatic carbocycles. The van der Waals surface area contributed by atoms with Gasteiger partial charge in [-0.3, -0.25) is 14.9 Å². The summed E-state index contributed by atoms with van der Waals surface area (Å²) in [6, 6.07) is 8.82. The molecule has 138 valence electrons. The van der Waals surface area contributed by atoms with Crippen molar-refractivity contribution in [2.24, 2.45) is 5.10 Å². The van der Waals surface area contributed by atoms with Gasteiger partial charge in [-0.05, 0) is 58.8 Å². The molecule has 0 saturated carbocycles. The molecule has 0 fully saturated rings. The Labute approximate surface area is 162 Å². The Balaban J connectivity index is 1.94. The number of hydrogen-bond donors (Lipinski definition) is 1. The molecular weight excluding hydrogens is 418 g/mol. The summed E-state index contributed by atoms with van der Waals surface area (Å²) in [5, 5.41) is 26.1. The van der Waals surface area contributed by atoms with Gasteiger partial charge in [0, 0.05) is 12.1 Å². The van der Waals surface area contributed by atoms with Gasteiger partial charge in [-0.25, -0.2) is 0 Å². The number of non-ortho nitro benzene ring substituents is 1. The number of methoxy groups -OCH3 is 1. The van der Waals surface area contributed by atoms with Gasteiger partial charge in [-0.1, -0.05) is 0 Å². The quantitative estimate of drug-likeness (QED) is 0.449. The van der Waals surface area contributed by atoms with Crippen molar-refractivity contribution >= 4 is 45.0 Å². The second kappa shape index (κ2) is 7.20. The summed E-state index contributed by atoms with van der Waals surface area (Å²) < 4.78 is 5.55. The maximum Gasteiger partial charge on any atom is 0.280 e. The summed E-state index contributed by atoms with van der Waals surface area (Å²) in [5.41, 5.74) is 1.87. The van der Waals surface area contributed by atoms with Crippen LogP contribution < -0.4 is 9.75 Å². The van der Waals surface area contributed by atoms with Crippen molar-refractivity contribution in [3.8, 4) is 11.5 Å². The average Bonchev–Trinajstić information content (AvgIpc) is 2.92. The Morgan fingerprint density at radius 1 is 1.30 bits per heavy atom. The van der Waals surface area contributed by atoms with E-state index in [1.54, 1.807) is 25.1 Å². The van der Waals surface area contributed by atoms with Crippen molar-refractivity contribution in [2.75, 3.05) is 12.1 Å². The van der Waals surface area contributed by atoms with Gasteiger partial charge >= 0.3 is 0 Å². The molecule has 1 heterocycles. The molecule has 2 aromatic carbocycles. The van der Waals surface area contributed by atoms with Crippen LogP contribution in [0.4, 0.5) is 11.4 Å². The number of phenolic OH excluding ortho intramolecular Hbond substituents is 1. The smallest absolute Gasteiger partial charge is 0.280 e. The number of hydrazone groups is 1. The highest BCUT2D eigenvalue weighted by molar-refractivity contribution is 9.10. The molecule has 1 aliphatic rings. The lowest BCUT2D eigenvalue weighted by Crippen LogP contribution is -2.21. The molecule has 9 heteroatoms. The molecule has 0 unspecified atom stereocenters. The first-order valence-corrected chi connectivity index (χ1v) is 8.54. The number of benzene rings is 2. The number of phenols is 1. The number of carbonyl (C=O) groups excluding carboxylic acids is 1. The van der Waals surface area contributed by atoms with Gasteiger partial charge in [0.05, 0.1) is 33.5 Å². The van der Waals surface area contributed by atoms with Gasteiger partial charge < -0.3 is 9.84 Å². The Morgan fingerprint density at radius 2 is 1.96 bits per heavy atom. The molecule has 0 bridgehead atoms. The average molecular weight is 432 g/mol. The SMILES string of the molecule is COc1cc(/C=C2\C(=O)N(c3ccc([N+](=O)[O-])cc3)N=C2C)cc(Br)c1O. The zero-order valence-electron chi connectivity index (χ0n) is 14.3. The summed E-state index contributed by atoms with van der Waals surface area (Å²) in [6.07, 6.45) is 1.64. The number of nitro groups is 1. The number of halogens is 1. The van der Waals surface area contributed by atoms with Crippen LogP contribution in [0.1, 0.15) is 12.5 Å². The van der Waals surface area contributed by atoms with E-state index in [0.717, 1.165) is 0 Å². The number of hydrogen-bond acceptors (Lipinski definition) is 6. The first kappa shape index (κ1) is 18.6. The van der Waals surface area contributed by atoms with E-state index in [1.165, 1.54) is 36.4 Å². The van der Waals surface area contributed by atoms with Crippen LogP contribution in [-0.4, -0.2) is 28.8 Å². The van der Waals surface area contributed by atoms with Gasteiger partial charge in [0.1, 0.15) is 0 Å². The van der Waals surface area contributed by atoms with Crippen molar-refractivity contribution in [1.29, 1.82) is 0 Å². The fraction of sp³-hybridized carbons (Fsp3) is 0.111. The minimum atomic E-state index is -0.508. The topological polar surface area (TPSA) is 105 Å². The van der Waals surface area contributed by atoms with Crippen LogP contribution in [0.25, 0.3) is 6.08 Å². The summed E-state index contributed by atoms with van der Waals surface area (Å²) in [5.74, 6) is -0.122. The van der Waals surface area contributed by atoms with E-state index in [-0.39, 0.29) is 23.1 Å². The Morgan fingerprint density at radius 3 is 2.56 bits per heavy atom. The predicted molar refractivity (Wildman–Crippen MR) is 104 cm³/mol. The number of amides is 1. The lowest BCUT2D eigenvalue weighted by Gasteiger charge is -2.11. The monoisotopic (exact) mass is 431 g/mol. The van der Waals surface area contributed by atoms with Gasteiger partial charge in [-0.15, -0.1) is 0 Å². The largest absolute Gasteiger partial charge is 0.503 e. The van der Waals surface area contributed by atoms with Crippen LogP contribution in [0.5, 0.6) is 11.5 Å². The van der Waals surface area contributed by atoms with E-state index < -0.39 is 4.92 Å². The molecule has 0 atom stereocenters. The van der Waals surface area contributed by atoms with Crippen LogP contribution in [0.3, 0.4) is 0 Å². The zero-order chi connectivity index (χ0) is 19.7. The molecule has 0 aromatic heterocycles. The summed E-state index contributed by atoms with van der Waals surface area (Å²) in [6.45, 7) is 1.70. The highest BCUT2D eigenvalue weighted by Gasteiger charge is 2.29. The molecule has 1 N–H and O–H groups in total. The fourth-order valence-electron chi connectivity index (χ4n) is 2.57. The third-order valence-corrected chi connectivity index (χ3v) is 4.55. The van der Waals surface area contributed by atoms with E-state index in [1.807, 2.05) is 0 Å². The van der Waals surface area contributed by atoms with Crippen LogP contribution in [0, 0.1) is 10.1 Å². The fourth-order valence-corrected chi connectivity index (χ4v) is 3.03. The molecule has 0 spiro atoms. The number of ether oxygens (including phenoxy) is 1. The van der Waals surface area contributed by atoms with Crippen molar-refractivity contribution in [3.05, 3.63) is 62.1 Å². The van der Waals surface area contributed by atoms with E-state index in [0.29, 0.717) is 27.0 Å². The number of nitro benzene ring substituents is 1. The van der Waals surface area contributed by atoms with Crippen molar-refractivity contribution < 1.29 is 19.6 Å². The lowest BCUT2D eigenvalue weighted by molar-refractivity contribution is -0.384. The summed E-state index contributed by atoms with van der Waals surface area (Å²) in [4.78, 5) is 23.0. The Bertz CT molecular complexity index is 999. The standard InChI is InChI=1S/C18H14BrN3O5/c1-10-14(7-11-8-15(19)17(23)16(9-11)27-2)18(24)21(20-10)12-3-5-13(6-4-12)22(25)26/h3-9,23H,1-2H3/b14-7-. The maximum atomic E-state index is 12.8. The normalized spacial score (nSPS) is 15.2. The van der Waals surface area contributed by atoms with Gasteiger partial charge in [-0.2, -0.15) is 10.1 Å². The highest BCUT2D eigenvalue weighted by atomic mass is 79.9. The Hall–Kier alpha value is -3.20. The zero-order valence-corrected chi connectivity index (χ0v) is 15.9. The van der Waals surface area contributed by atoms with Crippen molar-refractivity contribution in [2.45, 2.75) is 6.92 Å². The lowest BCUT2D eigenvalue weighted by atomic mass is 10.1. The molecule has 27 heavy (non-hydrogen) atoms. The minimum Gasteiger partial charge on any atom is -0.503 e. The number of anilines is 1. The van der Waals surface area contributed by atoms with Gasteiger partial charge in [0.15, 0.2) is 11.5 Å². The molecule has 0 saturated heterocycles. The van der Waals surface area contributed by atoms with Crippen LogP contribution >= 0.6 is 15.9 Å². The number of nitrogens with zero attached hydrogens (tertiary/aromatic N) is 3. The van der Waals surface area contributed by atoms with E-state index in [4.69, 9.17) is 4.74 Å².